The highest BCUT2D eigenvalue weighted by molar-refractivity contribution is 5.45. The molecular formula is C15H15FO3. The maximum atomic E-state index is 13.2. The molecule has 2 aromatic carbocycles. The van der Waals surface area contributed by atoms with E-state index in [0.29, 0.717) is 22.8 Å². The minimum absolute atomic E-state index is 0.394. The summed E-state index contributed by atoms with van der Waals surface area (Å²) < 4.78 is 24.1. The molecule has 0 radical (unpaired) electrons. The number of hydrogen-bond acceptors (Lipinski definition) is 3. The van der Waals surface area contributed by atoms with E-state index in [0.717, 1.165) is 0 Å². The van der Waals surface area contributed by atoms with Gasteiger partial charge in [-0.05, 0) is 37.3 Å². The molecule has 0 aliphatic rings. The van der Waals surface area contributed by atoms with E-state index >= 15 is 0 Å². The lowest BCUT2D eigenvalue weighted by atomic mass is 10.1. The lowest BCUT2D eigenvalue weighted by Crippen LogP contribution is -1.98. The van der Waals surface area contributed by atoms with Crippen LogP contribution in [-0.2, 0) is 0 Å². The molecule has 4 heteroatoms. The predicted molar refractivity (Wildman–Crippen MR) is 70.1 cm³/mol. The Kier molecular flexibility index (Phi) is 4.02. The molecular weight excluding hydrogens is 247 g/mol. The second kappa shape index (κ2) is 5.71. The number of methoxy groups -OCH3 is 1. The van der Waals surface area contributed by atoms with E-state index in [1.165, 1.54) is 18.2 Å². The molecule has 0 heterocycles. The highest BCUT2D eigenvalue weighted by atomic mass is 19.1. The van der Waals surface area contributed by atoms with Crippen molar-refractivity contribution in [2.24, 2.45) is 0 Å². The average molecular weight is 262 g/mol. The summed E-state index contributed by atoms with van der Waals surface area (Å²) in [7, 11) is 1.54. The number of benzene rings is 2. The zero-order valence-corrected chi connectivity index (χ0v) is 10.8. The zero-order valence-electron chi connectivity index (χ0n) is 10.8. The SMILES string of the molecule is COc1ccccc1Oc1ccc(F)cc1[C@@H](C)O. The Labute approximate surface area is 111 Å². The largest absolute Gasteiger partial charge is 0.493 e. The van der Waals surface area contributed by atoms with Gasteiger partial charge in [0.05, 0.1) is 13.2 Å². The first kappa shape index (κ1) is 13.4. The van der Waals surface area contributed by atoms with Crippen LogP contribution in [-0.4, -0.2) is 12.2 Å². The average Bonchev–Trinajstić information content (AvgIpc) is 2.41. The highest BCUT2D eigenvalue weighted by Crippen LogP contribution is 2.34. The Morgan fingerprint density at radius 2 is 1.74 bits per heavy atom. The Bertz CT molecular complexity index is 567. The van der Waals surface area contributed by atoms with E-state index in [9.17, 15) is 9.50 Å². The van der Waals surface area contributed by atoms with Gasteiger partial charge in [-0.15, -0.1) is 0 Å². The molecule has 1 N–H and O–H groups in total. The predicted octanol–water partition coefficient (Wildman–Crippen LogP) is 3.68. The zero-order chi connectivity index (χ0) is 13.8. The van der Waals surface area contributed by atoms with Crippen molar-refractivity contribution < 1.29 is 19.0 Å². The standard InChI is InChI=1S/C15H15FO3/c1-10(17)12-9-11(16)7-8-13(12)19-15-6-4-3-5-14(15)18-2/h3-10,17H,1-2H3/t10-/m1/s1. The molecule has 0 aliphatic heterocycles. The van der Waals surface area contributed by atoms with E-state index in [1.807, 2.05) is 12.1 Å². The molecule has 2 aromatic rings. The molecule has 0 saturated heterocycles. The molecule has 19 heavy (non-hydrogen) atoms. The van der Waals surface area contributed by atoms with Gasteiger partial charge < -0.3 is 14.6 Å². The number of para-hydroxylation sites is 2. The number of halogens is 1. The summed E-state index contributed by atoms with van der Waals surface area (Å²) in [6, 6.07) is 11.2. The van der Waals surface area contributed by atoms with Gasteiger partial charge >= 0.3 is 0 Å². The van der Waals surface area contributed by atoms with Crippen molar-refractivity contribution in [1.29, 1.82) is 0 Å². The van der Waals surface area contributed by atoms with E-state index < -0.39 is 11.9 Å². The molecule has 0 bridgehead atoms. The number of ether oxygens (including phenoxy) is 2. The number of aliphatic hydroxyl groups excluding tert-OH is 1. The molecule has 100 valence electrons. The number of rotatable bonds is 4. The van der Waals surface area contributed by atoms with Gasteiger partial charge in [0.25, 0.3) is 0 Å². The maximum absolute atomic E-state index is 13.2. The minimum Gasteiger partial charge on any atom is -0.493 e. The van der Waals surface area contributed by atoms with Crippen LogP contribution in [0, 0.1) is 5.82 Å². The molecule has 0 spiro atoms. The Morgan fingerprint density at radius 1 is 1.05 bits per heavy atom. The summed E-state index contributed by atoms with van der Waals surface area (Å²) in [6.45, 7) is 1.56. The second-order valence-electron chi connectivity index (χ2n) is 4.11. The molecule has 0 aromatic heterocycles. The number of hydrogen-bond donors (Lipinski definition) is 1. The van der Waals surface area contributed by atoms with Crippen molar-refractivity contribution >= 4 is 0 Å². The van der Waals surface area contributed by atoms with E-state index in [-0.39, 0.29) is 0 Å². The van der Waals surface area contributed by atoms with E-state index in [2.05, 4.69) is 0 Å². The van der Waals surface area contributed by atoms with Gasteiger partial charge in [-0.1, -0.05) is 12.1 Å². The van der Waals surface area contributed by atoms with E-state index in [4.69, 9.17) is 9.47 Å². The van der Waals surface area contributed by atoms with Gasteiger partial charge in [0.1, 0.15) is 11.6 Å². The van der Waals surface area contributed by atoms with Crippen LogP contribution in [0.3, 0.4) is 0 Å². The summed E-state index contributed by atoms with van der Waals surface area (Å²) >= 11 is 0. The van der Waals surface area contributed by atoms with E-state index in [1.54, 1.807) is 26.2 Å². The van der Waals surface area contributed by atoms with Crippen LogP contribution in [0.2, 0.25) is 0 Å². The van der Waals surface area contributed by atoms with Crippen LogP contribution < -0.4 is 9.47 Å². The number of aliphatic hydroxyl groups is 1. The Morgan fingerprint density at radius 3 is 2.37 bits per heavy atom. The molecule has 3 nitrogen and oxygen atoms in total. The summed E-state index contributed by atoms with van der Waals surface area (Å²) in [5.41, 5.74) is 0.394. The molecule has 2 rings (SSSR count). The first-order valence-corrected chi connectivity index (χ1v) is 5.90. The van der Waals surface area contributed by atoms with Crippen LogP contribution in [0.5, 0.6) is 17.2 Å². The van der Waals surface area contributed by atoms with Crippen molar-refractivity contribution in [2.45, 2.75) is 13.0 Å². The van der Waals surface area contributed by atoms with Crippen LogP contribution in [0.25, 0.3) is 0 Å². The quantitative estimate of drug-likeness (QED) is 0.913. The summed E-state index contributed by atoms with van der Waals surface area (Å²) in [4.78, 5) is 0. The Balaban J connectivity index is 2.38. The summed E-state index contributed by atoms with van der Waals surface area (Å²) in [5.74, 6) is 1.08. The third-order valence-corrected chi connectivity index (χ3v) is 2.71. The second-order valence-corrected chi connectivity index (χ2v) is 4.11. The van der Waals surface area contributed by atoms with Gasteiger partial charge in [-0.2, -0.15) is 0 Å². The van der Waals surface area contributed by atoms with Crippen molar-refractivity contribution in [3.05, 3.63) is 53.8 Å². The first-order chi connectivity index (χ1) is 9.11. The molecule has 0 unspecified atom stereocenters. The fourth-order valence-corrected chi connectivity index (χ4v) is 1.76. The van der Waals surface area contributed by atoms with Gasteiger partial charge in [0.2, 0.25) is 0 Å². The molecule has 0 amide bonds. The van der Waals surface area contributed by atoms with Gasteiger partial charge in [-0.3, -0.25) is 0 Å². The Hall–Kier alpha value is -2.07. The van der Waals surface area contributed by atoms with Crippen LogP contribution in [0.4, 0.5) is 4.39 Å². The molecule has 0 saturated carbocycles. The molecule has 0 aliphatic carbocycles. The lowest BCUT2D eigenvalue weighted by molar-refractivity contribution is 0.195. The van der Waals surface area contributed by atoms with Gasteiger partial charge in [0.15, 0.2) is 11.5 Å². The third-order valence-electron chi connectivity index (χ3n) is 2.71. The highest BCUT2D eigenvalue weighted by Gasteiger charge is 2.13. The molecule has 0 fully saturated rings. The fraction of sp³-hybridized carbons (Fsp3) is 0.200. The lowest BCUT2D eigenvalue weighted by Gasteiger charge is -2.15. The fourth-order valence-electron chi connectivity index (χ4n) is 1.76. The van der Waals surface area contributed by atoms with Crippen molar-refractivity contribution in [3.8, 4) is 17.2 Å². The monoisotopic (exact) mass is 262 g/mol. The van der Waals surface area contributed by atoms with Crippen LogP contribution in [0.15, 0.2) is 42.5 Å². The van der Waals surface area contributed by atoms with Crippen LogP contribution >= 0.6 is 0 Å². The smallest absolute Gasteiger partial charge is 0.169 e. The van der Waals surface area contributed by atoms with Gasteiger partial charge in [0, 0.05) is 5.56 Å². The topological polar surface area (TPSA) is 38.7 Å². The van der Waals surface area contributed by atoms with Crippen molar-refractivity contribution in [1.82, 2.24) is 0 Å². The summed E-state index contributed by atoms with van der Waals surface area (Å²) in [5, 5.41) is 9.66. The summed E-state index contributed by atoms with van der Waals surface area (Å²) in [6.07, 6.45) is -0.819. The first-order valence-electron chi connectivity index (χ1n) is 5.90. The normalized spacial score (nSPS) is 12.0. The molecule has 1 atom stereocenters. The van der Waals surface area contributed by atoms with Gasteiger partial charge in [-0.25, -0.2) is 4.39 Å². The third kappa shape index (κ3) is 3.03. The van der Waals surface area contributed by atoms with Crippen LogP contribution in [0.1, 0.15) is 18.6 Å². The van der Waals surface area contributed by atoms with Crippen molar-refractivity contribution in [3.63, 3.8) is 0 Å². The maximum Gasteiger partial charge on any atom is 0.169 e. The minimum atomic E-state index is -0.819. The van der Waals surface area contributed by atoms with Crippen molar-refractivity contribution in [2.75, 3.05) is 7.11 Å².